The quantitative estimate of drug-likeness (QED) is 0.874. The van der Waals surface area contributed by atoms with E-state index in [0.29, 0.717) is 0 Å². The molecule has 0 aliphatic carbocycles. The number of amides is 1. The summed E-state index contributed by atoms with van der Waals surface area (Å²) in [4.78, 5) is 11.4. The zero-order valence-corrected chi connectivity index (χ0v) is 9.27. The van der Waals surface area contributed by atoms with Gasteiger partial charge in [-0.2, -0.15) is 0 Å². The third-order valence-electron chi connectivity index (χ3n) is 1.91. The van der Waals surface area contributed by atoms with Crippen LogP contribution in [0.2, 0.25) is 5.02 Å². The number of alkyl halides is 2. The summed E-state index contributed by atoms with van der Waals surface area (Å²) in [6.07, 6.45) is 0. The highest BCUT2D eigenvalue weighted by Gasteiger charge is 2.28. The summed E-state index contributed by atoms with van der Waals surface area (Å²) < 4.78 is 37.9. The van der Waals surface area contributed by atoms with Crippen LogP contribution >= 0.6 is 11.6 Å². The molecule has 0 atom stereocenters. The fourth-order valence-corrected chi connectivity index (χ4v) is 1.29. The molecule has 94 valence electrons. The van der Waals surface area contributed by atoms with E-state index in [1.165, 1.54) is 0 Å². The van der Waals surface area contributed by atoms with Crippen molar-refractivity contribution in [2.24, 2.45) is 0 Å². The van der Waals surface area contributed by atoms with Crippen molar-refractivity contribution < 1.29 is 23.1 Å². The van der Waals surface area contributed by atoms with Gasteiger partial charge in [-0.3, -0.25) is 4.79 Å². The van der Waals surface area contributed by atoms with Crippen molar-refractivity contribution in [1.29, 1.82) is 0 Å². The van der Waals surface area contributed by atoms with Gasteiger partial charge in [0, 0.05) is 0 Å². The minimum absolute atomic E-state index is 0.109. The molecule has 0 fully saturated rings. The molecule has 0 aromatic heterocycles. The fourth-order valence-electron chi connectivity index (χ4n) is 1.03. The Hall–Kier alpha value is -1.27. The summed E-state index contributed by atoms with van der Waals surface area (Å²) >= 11 is 5.57. The average Bonchev–Trinajstić information content (AvgIpc) is 2.26. The summed E-state index contributed by atoms with van der Waals surface area (Å²) in [7, 11) is 0. The van der Waals surface area contributed by atoms with Gasteiger partial charge in [0.25, 0.3) is 11.8 Å². The van der Waals surface area contributed by atoms with Crippen LogP contribution < -0.4 is 5.32 Å². The predicted molar refractivity (Wildman–Crippen MR) is 55.8 cm³/mol. The highest BCUT2D eigenvalue weighted by molar-refractivity contribution is 6.33. The Labute approximate surface area is 100 Å². The van der Waals surface area contributed by atoms with Crippen LogP contribution in [-0.4, -0.2) is 30.1 Å². The van der Waals surface area contributed by atoms with E-state index in [0.717, 1.165) is 18.2 Å². The van der Waals surface area contributed by atoms with E-state index >= 15 is 0 Å². The van der Waals surface area contributed by atoms with Gasteiger partial charge in [-0.15, -0.1) is 0 Å². The Kier molecular flexibility index (Phi) is 4.36. The molecule has 7 heteroatoms. The third-order valence-corrected chi connectivity index (χ3v) is 2.23. The number of carbonyl (C=O) groups excluding carboxylic acids is 1. The summed E-state index contributed by atoms with van der Waals surface area (Å²) in [5, 5.41) is 10.0. The molecule has 1 amide bonds. The zero-order valence-electron chi connectivity index (χ0n) is 8.51. The zero-order chi connectivity index (χ0) is 13.1. The molecule has 0 heterocycles. The van der Waals surface area contributed by atoms with Crippen LogP contribution in [0.4, 0.5) is 13.2 Å². The number of hydrogen-bond acceptors (Lipinski definition) is 2. The summed E-state index contributed by atoms with van der Waals surface area (Å²) in [6, 6.07) is 2.98. The molecular weight excluding hydrogens is 259 g/mol. The summed E-state index contributed by atoms with van der Waals surface area (Å²) in [5.74, 6) is -4.89. The second-order valence-corrected chi connectivity index (χ2v) is 3.73. The third kappa shape index (κ3) is 3.90. The van der Waals surface area contributed by atoms with Gasteiger partial charge in [-0.05, 0) is 18.2 Å². The molecule has 0 radical (unpaired) electrons. The minimum Gasteiger partial charge on any atom is -0.390 e. The normalized spacial score (nSPS) is 11.4. The van der Waals surface area contributed by atoms with Crippen molar-refractivity contribution in [3.63, 3.8) is 0 Å². The minimum atomic E-state index is -3.40. The maximum atomic E-state index is 12.7. The Morgan fingerprint density at radius 3 is 2.65 bits per heavy atom. The predicted octanol–water partition coefficient (Wildman–Crippen LogP) is 1.84. The second-order valence-electron chi connectivity index (χ2n) is 3.32. The van der Waals surface area contributed by atoms with Crippen LogP contribution in [0.1, 0.15) is 10.4 Å². The van der Waals surface area contributed by atoms with Crippen molar-refractivity contribution in [1.82, 2.24) is 5.32 Å². The van der Waals surface area contributed by atoms with Crippen LogP contribution in [-0.2, 0) is 0 Å². The standard InChI is InChI=1S/C10H9ClF3NO2/c11-8-3-6(12)1-2-7(8)9(17)15-4-10(13,14)5-16/h1-3,16H,4-5H2,(H,15,17). The van der Waals surface area contributed by atoms with E-state index < -0.39 is 30.8 Å². The van der Waals surface area contributed by atoms with Gasteiger partial charge in [0.2, 0.25) is 0 Å². The molecule has 3 nitrogen and oxygen atoms in total. The lowest BCUT2D eigenvalue weighted by Crippen LogP contribution is -2.39. The number of rotatable bonds is 4. The Morgan fingerprint density at radius 1 is 1.47 bits per heavy atom. The summed E-state index contributed by atoms with van der Waals surface area (Å²) in [6.45, 7) is -2.39. The topological polar surface area (TPSA) is 49.3 Å². The first-order chi connectivity index (χ1) is 7.85. The average molecular weight is 268 g/mol. The molecule has 0 saturated heterocycles. The smallest absolute Gasteiger partial charge is 0.287 e. The number of hydrogen-bond donors (Lipinski definition) is 2. The lowest BCUT2D eigenvalue weighted by atomic mass is 10.2. The first kappa shape index (κ1) is 13.8. The molecule has 0 aliphatic rings. The van der Waals surface area contributed by atoms with Gasteiger partial charge < -0.3 is 10.4 Å². The lowest BCUT2D eigenvalue weighted by Gasteiger charge is -2.14. The first-order valence-corrected chi connectivity index (χ1v) is 4.95. The molecule has 0 aliphatic heterocycles. The van der Waals surface area contributed by atoms with E-state index in [-0.39, 0.29) is 10.6 Å². The summed E-state index contributed by atoms with van der Waals surface area (Å²) in [5.41, 5.74) is -0.109. The Bertz CT molecular complexity index is 426. The molecule has 0 spiro atoms. The molecule has 1 aromatic rings. The second kappa shape index (κ2) is 5.37. The number of carbonyl (C=O) groups is 1. The molecule has 0 unspecified atom stereocenters. The number of nitrogens with one attached hydrogen (secondary N) is 1. The van der Waals surface area contributed by atoms with Crippen molar-refractivity contribution in [2.45, 2.75) is 5.92 Å². The van der Waals surface area contributed by atoms with E-state index in [9.17, 15) is 18.0 Å². The van der Waals surface area contributed by atoms with Crippen LogP contribution in [0.5, 0.6) is 0 Å². The van der Waals surface area contributed by atoms with Crippen LogP contribution in [0, 0.1) is 5.82 Å². The van der Waals surface area contributed by atoms with Crippen LogP contribution in [0.3, 0.4) is 0 Å². The molecule has 0 saturated carbocycles. The van der Waals surface area contributed by atoms with Crippen LogP contribution in [0.15, 0.2) is 18.2 Å². The number of halogens is 4. The number of aliphatic hydroxyl groups is 1. The molecular formula is C10H9ClF3NO2. The van der Waals surface area contributed by atoms with Crippen molar-refractivity contribution in [2.75, 3.05) is 13.2 Å². The Balaban J connectivity index is 2.71. The first-order valence-electron chi connectivity index (χ1n) is 4.57. The lowest BCUT2D eigenvalue weighted by molar-refractivity contribution is -0.0462. The highest BCUT2D eigenvalue weighted by atomic mass is 35.5. The van der Waals surface area contributed by atoms with Crippen molar-refractivity contribution >= 4 is 17.5 Å². The SMILES string of the molecule is O=C(NCC(F)(F)CO)c1ccc(F)cc1Cl. The monoisotopic (exact) mass is 267 g/mol. The number of aliphatic hydroxyl groups excluding tert-OH is 1. The van der Waals surface area contributed by atoms with Gasteiger partial charge in [-0.1, -0.05) is 11.6 Å². The van der Waals surface area contributed by atoms with Gasteiger partial charge in [0.05, 0.1) is 17.1 Å². The molecule has 17 heavy (non-hydrogen) atoms. The van der Waals surface area contributed by atoms with Crippen molar-refractivity contribution in [3.8, 4) is 0 Å². The van der Waals surface area contributed by atoms with Crippen LogP contribution in [0.25, 0.3) is 0 Å². The van der Waals surface area contributed by atoms with Crippen molar-refractivity contribution in [3.05, 3.63) is 34.6 Å². The van der Waals surface area contributed by atoms with Gasteiger partial charge in [-0.25, -0.2) is 13.2 Å². The highest BCUT2D eigenvalue weighted by Crippen LogP contribution is 2.17. The van der Waals surface area contributed by atoms with E-state index in [1.807, 2.05) is 5.32 Å². The number of benzene rings is 1. The maximum absolute atomic E-state index is 12.7. The van der Waals surface area contributed by atoms with E-state index in [4.69, 9.17) is 16.7 Å². The Morgan fingerprint density at radius 2 is 2.12 bits per heavy atom. The van der Waals surface area contributed by atoms with Gasteiger partial charge >= 0.3 is 0 Å². The molecule has 2 N–H and O–H groups in total. The molecule has 1 aromatic carbocycles. The van der Waals surface area contributed by atoms with Gasteiger partial charge in [0.1, 0.15) is 12.4 Å². The molecule has 0 bridgehead atoms. The van der Waals surface area contributed by atoms with Gasteiger partial charge in [0.15, 0.2) is 0 Å². The molecule has 1 rings (SSSR count). The van der Waals surface area contributed by atoms with E-state index in [1.54, 1.807) is 0 Å². The maximum Gasteiger partial charge on any atom is 0.287 e. The fraction of sp³-hybridized carbons (Fsp3) is 0.300. The van der Waals surface area contributed by atoms with E-state index in [2.05, 4.69) is 0 Å². The largest absolute Gasteiger partial charge is 0.390 e.